The second kappa shape index (κ2) is 31.2. The van der Waals surface area contributed by atoms with E-state index in [0.29, 0.717) is 98.9 Å². The van der Waals surface area contributed by atoms with E-state index in [1.165, 1.54) is 24.3 Å². The molecule has 22 heteroatoms. The van der Waals surface area contributed by atoms with E-state index in [4.69, 9.17) is 11.5 Å². The first-order valence-electron chi connectivity index (χ1n) is 34.1. The van der Waals surface area contributed by atoms with Crippen molar-refractivity contribution < 1.29 is 38.4 Å². The van der Waals surface area contributed by atoms with Gasteiger partial charge in [0, 0.05) is 81.2 Å². The van der Waals surface area contributed by atoms with Gasteiger partial charge in [-0.15, -0.1) is 0 Å². The molecule has 0 unspecified atom stereocenters. The van der Waals surface area contributed by atoms with Crippen molar-refractivity contribution in [2.45, 2.75) is 32.1 Å². The Balaban J connectivity index is 0.534. The van der Waals surface area contributed by atoms with Crippen LogP contribution >= 0.6 is 0 Å². The summed E-state index contributed by atoms with van der Waals surface area (Å²) in [5.74, 6) is -5.77. The maximum absolute atomic E-state index is 12.7. The molecule has 4 aliphatic rings. The summed E-state index contributed by atoms with van der Waals surface area (Å²) in [5.41, 5.74) is 30.1. The number of nitrogens with zero attached hydrogens (tertiary/aromatic N) is 4. The third kappa shape index (κ3) is 17.9. The Morgan fingerprint density at radius 3 is 0.495 bits per heavy atom. The molecule has 0 radical (unpaired) electrons. The van der Waals surface area contributed by atoms with Crippen LogP contribution in [0.25, 0.3) is 0 Å². The van der Waals surface area contributed by atoms with Crippen LogP contribution in [-0.2, 0) is 70.5 Å². The summed E-state index contributed by atoms with van der Waals surface area (Å²) in [4.78, 5) is 117. The highest BCUT2D eigenvalue weighted by molar-refractivity contribution is 6.48. The molecule has 4 amide bonds. The quantitative estimate of drug-likeness (QED) is 0.0223. The van der Waals surface area contributed by atoms with Gasteiger partial charge in [0.2, 0.25) is 23.1 Å². The fourth-order valence-electron chi connectivity index (χ4n) is 11.9. The zero-order chi connectivity index (χ0) is 73.9. The van der Waals surface area contributed by atoms with Crippen LogP contribution in [0.4, 0.5) is 56.9 Å². The molecule has 12 N–H and O–H groups in total. The molecule has 0 saturated heterocycles. The summed E-state index contributed by atoms with van der Waals surface area (Å²) in [6.45, 7) is 0. The van der Waals surface area contributed by atoms with Crippen LogP contribution in [0.1, 0.15) is 55.6 Å². The summed E-state index contributed by atoms with van der Waals surface area (Å²) in [5, 5.41) is 25.7. The highest BCUT2D eigenvalue weighted by Crippen LogP contribution is 2.27. The Morgan fingerprint density at radius 2 is 0.336 bits per heavy atom. The number of dihydropyridines is 4. The minimum atomic E-state index is -0.902. The zero-order valence-corrected chi connectivity index (χ0v) is 57.1. The molecule has 10 aromatic carbocycles. The van der Waals surface area contributed by atoms with Gasteiger partial charge in [0.25, 0.3) is 0 Å². The van der Waals surface area contributed by atoms with Crippen LogP contribution in [0.3, 0.4) is 0 Å². The summed E-state index contributed by atoms with van der Waals surface area (Å²) in [6.07, 6.45) is 8.10. The molecule has 10 aromatic rings. The van der Waals surface area contributed by atoms with E-state index < -0.39 is 46.8 Å². The Kier molecular flexibility index (Phi) is 20.2. The predicted molar refractivity (Wildman–Crippen MR) is 418 cm³/mol. The van der Waals surface area contributed by atoms with Crippen molar-refractivity contribution in [3.8, 4) is 0 Å². The number of anilines is 10. The van der Waals surface area contributed by atoms with Gasteiger partial charge in [-0.3, -0.25) is 38.4 Å². The summed E-state index contributed by atoms with van der Waals surface area (Å²) >= 11 is 0. The molecule has 0 atom stereocenters. The molecule has 524 valence electrons. The zero-order valence-electron chi connectivity index (χ0n) is 57.1. The Morgan fingerprint density at radius 1 is 0.196 bits per heavy atom. The van der Waals surface area contributed by atoms with E-state index in [2.05, 4.69) is 62.5 Å². The fourth-order valence-corrected chi connectivity index (χ4v) is 11.9. The number of aliphatic imine (C=N–C) groups is 4. The van der Waals surface area contributed by atoms with E-state index in [-0.39, 0.29) is 23.3 Å². The number of hydrogen-bond donors (Lipinski definition) is 10. The lowest BCUT2D eigenvalue weighted by atomic mass is 10.0. The molecule has 0 saturated carbocycles. The first-order chi connectivity index (χ1) is 51.9. The molecular weight excluding hydrogens is 1350 g/mol. The smallest absolute Gasteiger partial charge is 0.319 e. The Bertz CT molecular complexity index is 5110. The van der Waals surface area contributed by atoms with Crippen LogP contribution in [0.2, 0.25) is 0 Å². The van der Waals surface area contributed by atoms with Crippen LogP contribution in [-0.4, -0.2) is 70.1 Å². The van der Waals surface area contributed by atoms with Gasteiger partial charge in [-0.25, -0.2) is 0 Å². The molecule has 14 rings (SSSR count). The number of amidine groups is 4. The average molecular weight is 1410 g/mol. The lowest BCUT2D eigenvalue weighted by molar-refractivity contribution is -0.133. The van der Waals surface area contributed by atoms with Gasteiger partial charge in [-0.2, -0.15) is 20.0 Å². The van der Waals surface area contributed by atoms with Crippen LogP contribution in [0.5, 0.6) is 0 Å². The number of nitrogens with one attached hydrogen (secondary N) is 8. The third-order valence-corrected chi connectivity index (χ3v) is 17.6. The van der Waals surface area contributed by atoms with Gasteiger partial charge in [-0.05, 0) is 209 Å². The number of rotatable bonds is 22. The summed E-state index contributed by atoms with van der Waals surface area (Å²) in [6, 6.07) is 76.7. The van der Waals surface area contributed by atoms with E-state index in [9.17, 15) is 38.4 Å². The molecule has 4 aliphatic heterocycles. The lowest BCUT2D eigenvalue weighted by Crippen LogP contribution is -2.29. The maximum atomic E-state index is 12.7. The molecule has 0 aliphatic carbocycles. The topological polar surface area (TPSA) is 334 Å². The highest BCUT2D eigenvalue weighted by Gasteiger charge is 2.27. The van der Waals surface area contributed by atoms with Crippen molar-refractivity contribution in [2.75, 3.05) is 54.0 Å². The molecule has 0 aromatic heterocycles. The van der Waals surface area contributed by atoms with Gasteiger partial charge in [0.1, 0.15) is 0 Å². The minimum absolute atomic E-state index is 0.171. The molecule has 4 heterocycles. The van der Waals surface area contributed by atoms with Crippen LogP contribution in [0.15, 0.2) is 310 Å². The number of carbonyl (C=O) groups is 8. The number of hydrogen-bond acceptors (Lipinski definition) is 18. The van der Waals surface area contributed by atoms with Crippen molar-refractivity contribution in [3.05, 3.63) is 345 Å². The lowest BCUT2D eigenvalue weighted by Gasteiger charge is -2.18. The van der Waals surface area contributed by atoms with Gasteiger partial charge >= 0.3 is 23.6 Å². The van der Waals surface area contributed by atoms with Crippen molar-refractivity contribution in [2.24, 2.45) is 20.0 Å². The molecule has 0 spiro atoms. The average Bonchev–Trinajstić information content (AvgIpc) is 0.829. The van der Waals surface area contributed by atoms with Gasteiger partial charge in [0.15, 0.2) is 23.3 Å². The van der Waals surface area contributed by atoms with Gasteiger partial charge in [-0.1, -0.05) is 121 Å². The number of benzene rings is 10. The number of nitrogen functional groups attached to an aromatic ring is 2. The van der Waals surface area contributed by atoms with Crippen LogP contribution < -0.4 is 54.0 Å². The SMILES string of the molecule is Nc1ccc(Cc2ccc(NC3=CC(=O)C(=O)N=C3Nc3ccc(Cc4ccc(NC5=CC(=O)C(=O)N=C5Nc5ccc(Cc6ccc(NC7=CC(=O)C(=O)N=C7Nc7ccc(Cc8ccc(NC9=CC(=O)C(=O)N=C9Nc9ccc(Cc%10ccc(N)cc%10)cc9)cc8)cc7)cc6)cc5)cc4)cc3)cc2)cc1. The van der Waals surface area contributed by atoms with Crippen molar-refractivity contribution in [1.29, 1.82) is 0 Å². The first-order valence-corrected chi connectivity index (χ1v) is 34.1. The normalized spacial score (nSPS) is 14.3. The number of amides is 4. The van der Waals surface area contributed by atoms with E-state index in [1.54, 1.807) is 0 Å². The van der Waals surface area contributed by atoms with Crippen molar-refractivity contribution >= 4 is 127 Å². The number of nitrogens with two attached hydrogens (primary N) is 2. The molecule has 0 bridgehead atoms. The van der Waals surface area contributed by atoms with E-state index in [1.807, 2.05) is 243 Å². The predicted octanol–water partition coefficient (Wildman–Crippen LogP) is 12.5. The first kappa shape index (κ1) is 69.3. The fraction of sp³-hybridized carbons (Fsp3) is 0.0588. The van der Waals surface area contributed by atoms with Crippen molar-refractivity contribution in [1.82, 2.24) is 0 Å². The van der Waals surface area contributed by atoms with E-state index >= 15 is 0 Å². The largest absolute Gasteiger partial charge is 0.399 e. The Hall–Kier alpha value is -14.8. The second-order valence-electron chi connectivity index (χ2n) is 25.7. The van der Waals surface area contributed by atoms with Crippen LogP contribution in [0, 0.1) is 0 Å². The monoisotopic (exact) mass is 1410 g/mol. The summed E-state index contributed by atoms with van der Waals surface area (Å²) in [7, 11) is 0. The number of carbonyl (C=O) groups excluding carboxylic acids is 8. The minimum Gasteiger partial charge on any atom is -0.399 e. The van der Waals surface area contributed by atoms with Crippen molar-refractivity contribution in [3.63, 3.8) is 0 Å². The van der Waals surface area contributed by atoms with Gasteiger partial charge < -0.3 is 54.0 Å². The Labute approximate surface area is 613 Å². The van der Waals surface area contributed by atoms with E-state index in [0.717, 1.165) is 68.5 Å². The highest BCUT2D eigenvalue weighted by atomic mass is 16.2. The standard InChI is InChI=1S/C85H66N14O8/c86-60-21-1-50(2-22-60)41-52-5-25-62(26-6-52)88-70-46-74(100)83(105)97-79(70)93-67-35-15-57(16-36-67)44-54-9-29-64(30-10-54)90-72-48-76(102)85(107)99-81(72)95-69-39-19-59(20-40-69)45-55-11-31-65(32-12-55)91-73-49-77(103)84(106)98-80(73)94-68-37-17-58(18-38-68)43-53-7-27-63(28-8-53)89-71-47-75(101)82(104)96-78(71)92-66-33-13-56(14-34-66)42-51-3-23-61(87)24-4-51/h1-40,46-49,88-91H,41-45,86-87H2,(H,92,96,104)(H,93,97,105)(H,94,98,106)(H,95,99,107). The molecule has 0 fully saturated rings. The maximum Gasteiger partial charge on any atom is 0.319 e. The molecular formula is C85H66N14O8. The van der Waals surface area contributed by atoms with Gasteiger partial charge in [0.05, 0.1) is 22.8 Å². The number of ketones is 4. The molecule has 22 nitrogen and oxygen atoms in total. The summed E-state index contributed by atoms with van der Waals surface area (Å²) < 4.78 is 0. The second-order valence-corrected chi connectivity index (χ2v) is 25.7. The molecule has 107 heavy (non-hydrogen) atoms. The third-order valence-electron chi connectivity index (χ3n) is 17.6.